The number of nitrogens with one attached hydrogen (secondary N) is 1. The lowest BCUT2D eigenvalue weighted by molar-refractivity contribution is -0.138. The van der Waals surface area contributed by atoms with Gasteiger partial charge in [0, 0.05) is 5.56 Å². The molecule has 0 radical (unpaired) electrons. The lowest BCUT2D eigenvalue weighted by Crippen LogP contribution is -2.17. The van der Waals surface area contributed by atoms with Gasteiger partial charge in [0.25, 0.3) is 0 Å². The number of thiocarbonyl (C=S) groups is 1. The molecule has 0 bridgehead atoms. The third-order valence-corrected chi connectivity index (χ3v) is 2.22. The summed E-state index contributed by atoms with van der Waals surface area (Å²) in [5, 5.41) is 2.40. The SMILES string of the molecule is COC(=O)CNc1ccc(C(N)=S)c(F)c1F. The van der Waals surface area contributed by atoms with Crippen LogP contribution in [-0.4, -0.2) is 24.6 Å². The number of esters is 1. The van der Waals surface area contributed by atoms with Crippen molar-refractivity contribution in [3.05, 3.63) is 29.3 Å². The molecule has 0 aromatic heterocycles. The van der Waals surface area contributed by atoms with Gasteiger partial charge in [-0.3, -0.25) is 4.79 Å². The molecule has 1 rings (SSSR count). The summed E-state index contributed by atoms with van der Waals surface area (Å²) in [6, 6.07) is 2.48. The predicted molar refractivity (Wildman–Crippen MR) is 62.8 cm³/mol. The van der Waals surface area contributed by atoms with E-state index in [1.54, 1.807) is 0 Å². The van der Waals surface area contributed by atoms with Gasteiger partial charge in [0.15, 0.2) is 11.6 Å². The minimum atomic E-state index is -1.15. The maximum absolute atomic E-state index is 13.5. The Labute approximate surface area is 102 Å². The Kier molecular flexibility index (Phi) is 4.33. The minimum absolute atomic E-state index is 0.159. The molecule has 0 unspecified atom stereocenters. The summed E-state index contributed by atoms with van der Waals surface area (Å²) in [4.78, 5) is 10.6. The van der Waals surface area contributed by atoms with E-state index in [0.717, 1.165) is 0 Å². The fourth-order valence-corrected chi connectivity index (χ4v) is 1.27. The smallest absolute Gasteiger partial charge is 0.325 e. The molecule has 0 heterocycles. The van der Waals surface area contributed by atoms with Crippen LogP contribution in [0.3, 0.4) is 0 Å². The van der Waals surface area contributed by atoms with Crippen molar-refractivity contribution in [2.75, 3.05) is 19.0 Å². The second kappa shape index (κ2) is 5.53. The highest BCUT2D eigenvalue weighted by Crippen LogP contribution is 2.20. The van der Waals surface area contributed by atoms with Crippen molar-refractivity contribution in [1.29, 1.82) is 0 Å². The highest BCUT2D eigenvalue weighted by Gasteiger charge is 2.15. The van der Waals surface area contributed by atoms with Crippen molar-refractivity contribution in [2.24, 2.45) is 5.73 Å². The first-order chi connectivity index (χ1) is 7.97. The molecule has 92 valence electrons. The molecule has 0 atom stereocenters. The average Bonchev–Trinajstić information content (AvgIpc) is 2.30. The molecule has 7 heteroatoms. The Morgan fingerprint density at radius 3 is 2.65 bits per heavy atom. The van der Waals surface area contributed by atoms with Gasteiger partial charge in [-0.2, -0.15) is 0 Å². The van der Waals surface area contributed by atoms with E-state index in [2.05, 4.69) is 22.3 Å². The van der Waals surface area contributed by atoms with Crippen LogP contribution in [0.25, 0.3) is 0 Å². The van der Waals surface area contributed by atoms with Crippen molar-refractivity contribution in [1.82, 2.24) is 0 Å². The number of hydrogen-bond acceptors (Lipinski definition) is 4. The average molecular weight is 260 g/mol. The van der Waals surface area contributed by atoms with Crippen molar-refractivity contribution >= 4 is 28.9 Å². The molecule has 0 spiro atoms. The van der Waals surface area contributed by atoms with Gasteiger partial charge in [-0.05, 0) is 12.1 Å². The molecule has 0 fully saturated rings. The molecule has 1 aromatic carbocycles. The molecular formula is C10H10F2N2O2S. The molecule has 0 aliphatic rings. The maximum atomic E-state index is 13.5. The fourth-order valence-electron chi connectivity index (χ4n) is 1.12. The molecule has 0 saturated heterocycles. The first kappa shape index (κ1) is 13.3. The van der Waals surface area contributed by atoms with E-state index in [0.29, 0.717) is 0 Å². The summed E-state index contributed by atoms with van der Waals surface area (Å²) in [6.45, 7) is -0.265. The van der Waals surface area contributed by atoms with Crippen LogP contribution in [-0.2, 0) is 9.53 Å². The number of methoxy groups -OCH3 is 1. The molecule has 3 N–H and O–H groups in total. The Morgan fingerprint density at radius 2 is 2.12 bits per heavy atom. The Hall–Kier alpha value is -1.76. The van der Waals surface area contributed by atoms with E-state index in [1.165, 1.54) is 19.2 Å². The summed E-state index contributed by atoms with van der Waals surface area (Å²) >= 11 is 4.55. The normalized spacial score (nSPS) is 9.82. The number of carbonyl (C=O) groups excluding carboxylic acids is 1. The summed E-state index contributed by atoms with van der Waals surface area (Å²) < 4.78 is 31.2. The van der Waals surface area contributed by atoms with Crippen LogP contribution < -0.4 is 11.1 Å². The van der Waals surface area contributed by atoms with Gasteiger partial charge in [0.1, 0.15) is 11.5 Å². The summed E-state index contributed by atoms with van der Waals surface area (Å²) in [5.41, 5.74) is 4.87. The lowest BCUT2D eigenvalue weighted by atomic mass is 10.2. The number of rotatable bonds is 4. The molecule has 0 aliphatic heterocycles. The number of nitrogens with two attached hydrogens (primary N) is 1. The predicted octanol–water partition coefficient (Wildman–Crippen LogP) is 1.18. The van der Waals surface area contributed by atoms with Gasteiger partial charge in [0.05, 0.1) is 12.8 Å². The zero-order valence-electron chi connectivity index (χ0n) is 8.92. The Morgan fingerprint density at radius 1 is 1.47 bits per heavy atom. The van der Waals surface area contributed by atoms with E-state index >= 15 is 0 Å². The summed E-state index contributed by atoms with van der Waals surface area (Å²) in [5.74, 6) is -2.88. The van der Waals surface area contributed by atoms with Crippen LogP contribution in [0.4, 0.5) is 14.5 Å². The van der Waals surface area contributed by atoms with Gasteiger partial charge in [-0.25, -0.2) is 8.78 Å². The van der Waals surface area contributed by atoms with Gasteiger partial charge >= 0.3 is 5.97 Å². The van der Waals surface area contributed by atoms with Gasteiger partial charge in [-0.1, -0.05) is 12.2 Å². The standard InChI is InChI=1S/C10H10F2N2O2S/c1-16-7(15)4-14-6-3-2-5(10(13)17)8(11)9(6)12/h2-3,14H,4H2,1H3,(H2,13,17). The van der Waals surface area contributed by atoms with Crippen molar-refractivity contribution in [3.63, 3.8) is 0 Å². The molecule has 1 aromatic rings. The first-order valence-corrected chi connectivity index (χ1v) is 4.96. The molecular weight excluding hydrogens is 250 g/mol. The number of halogens is 2. The Balaban J connectivity index is 2.93. The molecule has 17 heavy (non-hydrogen) atoms. The number of ether oxygens (including phenoxy) is 1. The van der Waals surface area contributed by atoms with E-state index < -0.39 is 17.6 Å². The minimum Gasteiger partial charge on any atom is -0.468 e. The van der Waals surface area contributed by atoms with E-state index in [4.69, 9.17) is 5.73 Å². The summed E-state index contributed by atoms with van der Waals surface area (Å²) in [7, 11) is 1.19. The monoisotopic (exact) mass is 260 g/mol. The van der Waals surface area contributed by atoms with E-state index in [-0.39, 0.29) is 22.8 Å². The maximum Gasteiger partial charge on any atom is 0.325 e. The Bertz CT molecular complexity index is 466. The lowest BCUT2D eigenvalue weighted by Gasteiger charge is -2.09. The fraction of sp³-hybridized carbons (Fsp3) is 0.200. The third kappa shape index (κ3) is 3.10. The van der Waals surface area contributed by atoms with Crippen LogP contribution >= 0.6 is 12.2 Å². The van der Waals surface area contributed by atoms with Gasteiger partial charge in [0.2, 0.25) is 0 Å². The molecule has 4 nitrogen and oxygen atoms in total. The number of anilines is 1. The summed E-state index contributed by atoms with van der Waals surface area (Å²) in [6.07, 6.45) is 0. The van der Waals surface area contributed by atoms with Gasteiger partial charge in [-0.15, -0.1) is 0 Å². The topological polar surface area (TPSA) is 64.3 Å². The number of carbonyl (C=O) groups is 1. The van der Waals surface area contributed by atoms with Crippen LogP contribution in [0, 0.1) is 11.6 Å². The van der Waals surface area contributed by atoms with Gasteiger partial charge < -0.3 is 15.8 Å². The van der Waals surface area contributed by atoms with E-state index in [9.17, 15) is 13.6 Å². The van der Waals surface area contributed by atoms with E-state index in [1.807, 2.05) is 0 Å². The molecule has 0 saturated carbocycles. The van der Waals surface area contributed by atoms with Crippen molar-refractivity contribution in [2.45, 2.75) is 0 Å². The van der Waals surface area contributed by atoms with Crippen LogP contribution in [0.2, 0.25) is 0 Å². The first-order valence-electron chi connectivity index (χ1n) is 4.56. The largest absolute Gasteiger partial charge is 0.468 e. The van der Waals surface area contributed by atoms with Crippen molar-refractivity contribution in [3.8, 4) is 0 Å². The van der Waals surface area contributed by atoms with Crippen molar-refractivity contribution < 1.29 is 18.3 Å². The highest BCUT2D eigenvalue weighted by molar-refractivity contribution is 7.80. The van der Waals surface area contributed by atoms with Crippen LogP contribution in [0.1, 0.15) is 5.56 Å². The van der Waals surface area contributed by atoms with Crippen LogP contribution in [0.5, 0.6) is 0 Å². The number of hydrogen-bond donors (Lipinski definition) is 2. The highest BCUT2D eigenvalue weighted by atomic mass is 32.1. The number of benzene rings is 1. The van der Waals surface area contributed by atoms with Crippen LogP contribution in [0.15, 0.2) is 12.1 Å². The third-order valence-electron chi connectivity index (χ3n) is 2.00. The second-order valence-corrected chi connectivity index (χ2v) is 3.52. The molecule has 0 aliphatic carbocycles. The zero-order chi connectivity index (χ0) is 13.0. The quantitative estimate of drug-likeness (QED) is 0.629. The molecule has 0 amide bonds. The zero-order valence-corrected chi connectivity index (χ0v) is 9.74. The second-order valence-electron chi connectivity index (χ2n) is 3.08.